The van der Waals surface area contributed by atoms with Crippen molar-refractivity contribution in [3.63, 3.8) is 0 Å². The van der Waals surface area contributed by atoms with Gasteiger partial charge in [0.25, 0.3) is 0 Å². The summed E-state index contributed by atoms with van der Waals surface area (Å²) in [6.07, 6.45) is 0. The Balaban J connectivity index is 2.31. The fourth-order valence-corrected chi connectivity index (χ4v) is 1.06. The smallest absolute Gasteiger partial charge is 0.239 e. The van der Waals surface area contributed by atoms with E-state index in [0.717, 1.165) is 0 Å². The first-order chi connectivity index (χ1) is 7.58. The number of carbonyl (C=O) groups excluding carboxylic acids is 1. The second kappa shape index (κ2) is 6.05. The predicted molar refractivity (Wildman–Crippen MR) is 60.5 cm³/mol. The van der Waals surface area contributed by atoms with E-state index in [4.69, 9.17) is 0 Å². The number of hydrogen-bond acceptors (Lipinski definition) is 3. The third-order valence-corrected chi connectivity index (χ3v) is 1.85. The van der Waals surface area contributed by atoms with E-state index in [1.54, 1.807) is 6.07 Å². The molecular weight excluding hydrogens is 209 g/mol. The minimum absolute atomic E-state index is 0.100. The van der Waals surface area contributed by atoms with Crippen molar-refractivity contribution in [2.75, 3.05) is 18.4 Å². The van der Waals surface area contributed by atoms with Gasteiger partial charge >= 0.3 is 0 Å². The molecule has 1 aromatic heterocycles. The molecule has 0 aliphatic heterocycles. The predicted octanol–water partition coefficient (Wildman–Crippen LogP) is 1.40. The number of halogens is 1. The van der Waals surface area contributed by atoms with Gasteiger partial charge in [-0.2, -0.15) is 4.39 Å². The Bertz CT molecular complexity index is 355. The van der Waals surface area contributed by atoms with Crippen LogP contribution in [-0.2, 0) is 4.79 Å². The van der Waals surface area contributed by atoms with Crippen LogP contribution in [0.2, 0.25) is 0 Å². The molecule has 1 rings (SSSR count). The van der Waals surface area contributed by atoms with Crippen LogP contribution in [0.5, 0.6) is 0 Å². The molecule has 0 saturated carbocycles. The van der Waals surface area contributed by atoms with Crippen molar-refractivity contribution in [2.45, 2.75) is 13.8 Å². The lowest BCUT2D eigenvalue weighted by molar-refractivity contribution is -0.119. The van der Waals surface area contributed by atoms with Crippen LogP contribution in [0.4, 0.5) is 10.2 Å². The molecule has 4 nitrogen and oxygen atoms in total. The van der Waals surface area contributed by atoms with Gasteiger partial charge in [-0.3, -0.25) is 4.79 Å². The van der Waals surface area contributed by atoms with Gasteiger partial charge in [-0.1, -0.05) is 19.9 Å². The number of carbonyl (C=O) groups is 1. The summed E-state index contributed by atoms with van der Waals surface area (Å²) in [4.78, 5) is 14.9. The molecule has 5 heteroatoms. The quantitative estimate of drug-likeness (QED) is 0.745. The first kappa shape index (κ1) is 12.4. The molecule has 1 aromatic rings. The van der Waals surface area contributed by atoms with Crippen molar-refractivity contribution in [1.82, 2.24) is 10.3 Å². The highest BCUT2D eigenvalue weighted by atomic mass is 19.1. The van der Waals surface area contributed by atoms with Gasteiger partial charge in [0, 0.05) is 6.54 Å². The van der Waals surface area contributed by atoms with Crippen molar-refractivity contribution < 1.29 is 9.18 Å². The average Bonchev–Trinajstić information content (AvgIpc) is 2.23. The largest absolute Gasteiger partial charge is 0.361 e. The second-order valence-corrected chi connectivity index (χ2v) is 3.90. The third kappa shape index (κ3) is 4.72. The minimum atomic E-state index is -0.562. The van der Waals surface area contributed by atoms with Gasteiger partial charge in [0.05, 0.1) is 6.54 Å². The van der Waals surface area contributed by atoms with E-state index in [2.05, 4.69) is 15.6 Å². The molecule has 0 spiro atoms. The lowest BCUT2D eigenvalue weighted by atomic mass is 10.2. The van der Waals surface area contributed by atoms with Crippen molar-refractivity contribution in [3.05, 3.63) is 24.1 Å². The second-order valence-electron chi connectivity index (χ2n) is 3.90. The van der Waals surface area contributed by atoms with E-state index < -0.39 is 5.95 Å². The number of pyridine rings is 1. The van der Waals surface area contributed by atoms with Gasteiger partial charge in [-0.05, 0) is 18.1 Å². The van der Waals surface area contributed by atoms with Gasteiger partial charge in [0.1, 0.15) is 5.82 Å². The number of nitrogens with one attached hydrogen (secondary N) is 2. The topological polar surface area (TPSA) is 54.0 Å². The maximum Gasteiger partial charge on any atom is 0.239 e. The summed E-state index contributed by atoms with van der Waals surface area (Å²) in [6.45, 7) is 4.77. The van der Waals surface area contributed by atoms with Crippen LogP contribution in [0.15, 0.2) is 18.2 Å². The Hall–Kier alpha value is -1.65. The molecule has 16 heavy (non-hydrogen) atoms. The zero-order valence-electron chi connectivity index (χ0n) is 9.46. The molecule has 0 aliphatic carbocycles. The summed E-state index contributed by atoms with van der Waals surface area (Å²) in [5.41, 5.74) is 0. The van der Waals surface area contributed by atoms with E-state index in [0.29, 0.717) is 18.3 Å². The highest BCUT2D eigenvalue weighted by molar-refractivity contribution is 5.80. The van der Waals surface area contributed by atoms with Crippen LogP contribution >= 0.6 is 0 Å². The zero-order valence-corrected chi connectivity index (χ0v) is 9.46. The summed E-state index contributed by atoms with van der Waals surface area (Å²) in [5, 5.41) is 5.49. The molecule has 0 atom stereocenters. The summed E-state index contributed by atoms with van der Waals surface area (Å²) in [7, 11) is 0. The van der Waals surface area contributed by atoms with Gasteiger partial charge in [-0.25, -0.2) is 4.98 Å². The number of nitrogens with zero attached hydrogens (tertiary/aromatic N) is 1. The molecule has 0 saturated heterocycles. The molecule has 0 radical (unpaired) electrons. The number of aromatic nitrogens is 1. The molecule has 88 valence electrons. The summed E-state index contributed by atoms with van der Waals surface area (Å²) < 4.78 is 12.7. The van der Waals surface area contributed by atoms with Crippen LogP contribution in [0.25, 0.3) is 0 Å². The average molecular weight is 225 g/mol. The van der Waals surface area contributed by atoms with Crippen LogP contribution in [0.1, 0.15) is 13.8 Å². The van der Waals surface area contributed by atoms with Gasteiger partial charge in [0.15, 0.2) is 0 Å². The van der Waals surface area contributed by atoms with Crippen LogP contribution < -0.4 is 10.6 Å². The first-order valence-corrected chi connectivity index (χ1v) is 5.21. The highest BCUT2D eigenvalue weighted by Crippen LogP contribution is 2.02. The Labute approximate surface area is 94.3 Å². The van der Waals surface area contributed by atoms with E-state index in [1.165, 1.54) is 12.1 Å². The molecule has 0 fully saturated rings. The Morgan fingerprint density at radius 1 is 1.50 bits per heavy atom. The number of hydrogen-bond donors (Lipinski definition) is 2. The Morgan fingerprint density at radius 2 is 2.25 bits per heavy atom. The molecular formula is C11H16FN3O. The first-order valence-electron chi connectivity index (χ1n) is 5.21. The monoisotopic (exact) mass is 225 g/mol. The molecule has 0 unspecified atom stereocenters. The lowest BCUT2D eigenvalue weighted by Crippen LogP contribution is -2.32. The fraction of sp³-hybridized carbons (Fsp3) is 0.455. The van der Waals surface area contributed by atoms with Crippen LogP contribution in [0, 0.1) is 11.9 Å². The number of amides is 1. The Morgan fingerprint density at radius 3 is 2.88 bits per heavy atom. The summed E-state index contributed by atoms with van der Waals surface area (Å²) in [5.74, 6) is 0.0864. The standard InChI is InChI=1S/C11H16FN3O/c1-8(2)6-14-11(16)7-13-10-5-3-4-9(12)15-10/h3-5,8H,6-7H2,1-2H3,(H,13,15)(H,14,16). The van der Waals surface area contributed by atoms with Crippen molar-refractivity contribution in [2.24, 2.45) is 5.92 Å². The van der Waals surface area contributed by atoms with Crippen molar-refractivity contribution >= 4 is 11.7 Å². The normalized spacial score (nSPS) is 10.2. The number of rotatable bonds is 5. The van der Waals surface area contributed by atoms with Crippen LogP contribution in [0.3, 0.4) is 0 Å². The molecule has 0 bridgehead atoms. The zero-order chi connectivity index (χ0) is 12.0. The highest BCUT2D eigenvalue weighted by Gasteiger charge is 2.02. The minimum Gasteiger partial charge on any atom is -0.361 e. The van der Waals surface area contributed by atoms with Gasteiger partial charge in [0.2, 0.25) is 11.9 Å². The van der Waals surface area contributed by atoms with Crippen LogP contribution in [-0.4, -0.2) is 24.0 Å². The summed E-state index contributed by atoms with van der Waals surface area (Å²) >= 11 is 0. The van der Waals surface area contributed by atoms with Crippen molar-refractivity contribution in [1.29, 1.82) is 0 Å². The number of anilines is 1. The molecule has 0 aromatic carbocycles. The van der Waals surface area contributed by atoms with Crippen molar-refractivity contribution in [3.8, 4) is 0 Å². The Kier molecular flexibility index (Phi) is 4.69. The van der Waals surface area contributed by atoms with E-state index in [1.807, 2.05) is 13.8 Å². The van der Waals surface area contributed by atoms with E-state index >= 15 is 0 Å². The third-order valence-electron chi connectivity index (χ3n) is 1.85. The molecule has 1 amide bonds. The van der Waals surface area contributed by atoms with Gasteiger partial charge < -0.3 is 10.6 Å². The molecule has 0 aliphatic rings. The molecule has 1 heterocycles. The van der Waals surface area contributed by atoms with E-state index in [9.17, 15) is 9.18 Å². The lowest BCUT2D eigenvalue weighted by Gasteiger charge is -2.08. The van der Waals surface area contributed by atoms with E-state index in [-0.39, 0.29) is 12.5 Å². The summed E-state index contributed by atoms with van der Waals surface area (Å²) in [6, 6.07) is 4.40. The van der Waals surface area contributed by atoms with Gasteiger partial charge in [-0.15, -0.1) is 0 Å². The maximum absolute atomic E-state index is 12.7. The SMILES string of the molecule is CC(C)CNC(=O)CNc1cccc(F)n1. The maximum atomic E-state index is 12.7. The fourth-order valence-electron chi connectivity index (χ4n) is 1.06. The molecule has 2 N–H and O–H groups in total.